The van der Waals surface area contributed by atoms with E-state index in [0.29, 0.717) is 16.6 Å². The minimum atomic E-state index is -1.74. The van der Waals surface area contributed by atoms with Crippen LogP contribution >= 0.6 is 0 Å². The normalized spacial score (nSPS) is 13.0. The molecule has 1 heterocycles. The lowest BCUT2D eigenvalue weighted by atomic mass is 10.2. The van der Waals surface area contributed by atoms with Crippen molar-refractivity contribution < 1.29 is 4.43 Å². The van der Waals surface area contributed by atoms with Gasteiger partial charge < -0.3 is 8.99 Å². The molecule has 122 valence electrons. The second-order valence-electron chi connectivity index (χ2n) is 7.23. The average molecular weight is 318 g/mol. The molecule has 0 bridgehead atoms. The largest absolute Gasteiger partial charge is 0.414 e. The fraction of sp³-hybridized carbons (Fsp3) is 0.579. The van der Waals surface area contributed by atoms with E-state index in [1.54, 1.807) is 0 Å². The monoisotopic (exact) mass is 317 g/mol. The van der Waals surface area contributed by atoms with Crippen LogP contribution in [0, 0.1) is 0 Å². The van der Waals surface area contributed by atoms with E-state index in [1.807, 2.05) is 0 Å². The third kappa shape index (κ3) is 3.16. The summed E-state index contributed by atoms with van der Waals surface area (Å²) in [7, 11) is -1.74. The Kier molecular flexibility index (Phi) is 5.51. The fourth-order valence-electron chi connectivity index (χ4n) is 4.16. The number of para-hydroxylation sites is 1. The topological polar surface area (TPSA) is 14.2 Å². The lowest BCUT2D eigenvalue weighted by Crippen LogP contribution is -2.48. The standard InChI is InChI=1S/C19H31NOSi/c1-15(2)22(16(3)4,17(5)6)21-14-13-20-12-11-18-9-7-8-10-19(18)20/h7-12,15-17H,13-14H2,1-6H3. The molecule has 1 aromatic heterocycles. The first kappa shape index (κ1) is 17.3. The van der Waals surface area contributed by atoms with E-state index >= 15 is 0 Å². The Labute approximate surface area is 136 Å². The zero-order chi connectivity index (χ0) is 16.3. The molecule has 0 unspecified atom stereocenters. The number of benzene rings is 1. The van der Waals surface area contributed by atoms with E-state index in [-0.39, 0.29) is 0 Å². The summed E-state index contributed by atoms with van der Waals surface area (Å²) >= 11 is 0. The first-order valence-corrected chi connectivity index (χ1v) is 10.7. The highest BCUT2D eigenvalue weighted by Gasteiger charge is 2.44. The van der Waals surface area contributed by atoms with Gasteiger partial charge in [-0.15, -0.1) is 0 Å². The first-order chi connectivity index (χ1) is 10.4. The van der Waals surface area contributed by atoms with Crippen molar-refractivity contribution in [1.82, 2.24) is 4.57 Å². The maximum atomic E-state index is 6.65. The van der Waals surface area contributed by atoms with Crippen LogP contribution in [-0.2, 0) is 11.0 Å². The van der Waals surface area contributed by atoms with E-state index in [1.165, 1.54) is 10.9 Å². The van der Waals surface area contributed by atoms with Crippen LogP contribution in [0.5, 0.6) is 0 Å². The molecular weight excluding hydrogens is 286 g/mol. The van der Waals surface area contributed by atoms with E-state index in [2.05, 4.69) is 82.6 Å². The van der Waals surface area contributed by atoms with Crippen molar-refractivity contribution in [3.8, 4) is 0 Å². The molecule has 2 rings (SSSR count). The van der Waals surface area contributed by atoms with Crippen LogP contribution in [-0.4, -0.2) is 19.5 Å². The Morgan fingerprint density at radius 2 is 1.50 bits per heavy atom. The molecule has 0 aliphatic carbocycles. The lowest BCUT2D eigenvalue weighted by molar-refractivity contribution is 0.264. The van der Waals surface area contributed by atoms with Crippen molar-refractivity contribution in [2.24, 2.45) is 0 Å². The van der Waals surface area contributed by atoms with Gasteiger partial charge in [0, 0.05) is 18.3 Å². The Morgan fingerprint density at radius 3 is 2.09 bits per heavy atom. The molecule has 3 heteroatoms. The molecule has 0 spiro atoms. The second-order valence-corrected chi connectivity index (χ2v) is 12.7. The Hall–Kier alpha value is -1.06. The molecule has 2 aromatic rings. The molecular formula is C19H31NOSi. The van der Waals surface area contributed by atoms with Crippen molar-refractivity contribution in [2.75, 3.05) is 6.61 Å². The van der Waals surface area contributed by atoms with Crippen LogP contribution < -0.4 is 0 Å². The van der Waals surface area contributed by atoms with Crippen LogP contribution in [0.3, 0.4) is 0 Å². The first-order valence-electron chi connectivity index (χ1n) is 8.57. The molecule has 2 nitrogen and oxygen atoms in total. The summed E-state index contributed by atoms with van der Waals surface area (Å²) in [5.41, 5.74) is 3.24. The van der Waals surface area contributed by atoms with E-state index in [9.17, 15) is 0 Å². The Balaban J connectivity index is 2.10. The minimum absolute atomic E-state index is 0.647. The molecule has 0 aliphatic rings. The quantitative estimate of drug-likeness (QED) is 0.586. The SMILES string of the molecule is CC(C)[Si](OCCn1ccc2ccccc21)(C(C)C)C(C)C. The summed E-state index contributed by atoms with van der Waals surface area (Å²) in [5.74, 6) is 0. The number of aromatic nitrogens is 1. The summed E-state index contributed by atoms with van der Waals surface area (Å²) in [6, 6.07) is 10.7. The summed E-state index contributed by atoms with van der Waals surface area (Å²) < 4.78 is 8.97. The van der Waals surface area contributed by atoms with Crippen molar-refractivity contribution in [3.63, 3.8) is 0 Å². The molecule has 0 radical (unpaired) electrons. The van der Waals surface area contributed by atoms with Gasteiger partial charge in [-0.2, -0.15) is 0 Å². The second kappa shape index (κ2) is 7.01. The molecule has 0 fully saturated rings. The third-order valence-corrected chi connectivity index (χ3v) is 11.2. The van der Waals surface area contributed by atoms with E-state index in [4.69, 9.17) is 4.43 Å². The maximum Gasteiger partial charge on any atom is 0.200 e. The predicted octanol–water partition coefficient (Wildman–Crippen LogP) is 5.83. The van der Waals surface area contributed by atoms with Crippen molar-refractivity contribution >= 4 is 19.2 Å². The molecule has 0 amide bonds. The molecule has 1 aromatic carbocycles. The number of hydrogen-bond donors (Lipinski definition) is 0. The summed E-state index contributed by atoms with van der Waals surface area (Å²) in [5, 5.41) is 1.31. The smallest absolute Gasteiger partial charge is 0.200 e. The van der Waals surface area contributed by atoms with Gasteiger partial charge in [0.1, 0.15) is 0 Å². The fourth-order valence-corrected chi connectivity index (χ4v) is 9.60. The molecule has 0 aliphatic heterocycles. The number of fused-ring (bicyclic) bond motifs is 1. The van der Waals surface area contributed by atoms with Gasteiger partial charge >= 0.3 is 0 Å². The van der Waals surface area contributed by atoms with Gasteiger partial charge in [-0.25, -0.2) is 0 Å². The van der Waals surface area contributed by atoms with Crippen LogP contribution in [0.25, 0.3) is 10.9 Å². The highest BCUT2D eigenvalue weighted by molar-refractivity contribution is 6.77. The van der Waals surface area contributed by atoms with Gasteiger partial charge in [0.25, 0.3) is 0 Å². The highest BCUT2D eigenvalue weighted by Crippen LogP contribution is 2.42. The number of rotatable bonds is 7. The van der Waals surface area contributed by atoms with Crippen LogP contribution in [0.2, 0.25) is 16.6 Å². The van der Waals surface area contributed by atoms with E-state index in [0.717, 1.165) is 13.2 Å². The van der Waals surface area contributed by atoms with Gasteiger partial charge in [-0.1, -0.05) is 59.7 Å². The molecule has 0 saturated heterocycles. The van der Waals surface area contributed by atoms with Crippen molar-refractivity contribution in [3.05, 3.63) is 36.5 Å². The average Bonchev–Trinajstić information content (AvgIpc) is 2.85. The highest BCUT2D eigenvalue weighted by atomic mass is 28.4. The lowest BCUT2D eigenvalue weighted by Gasteiger charge is -2.42. The van der Waals surface area contributed by atoms with Gasteiger partial charge in [0.05, 0.1) is 6.61 Å². The van der Waals surface area contributed by atoms with Gasteiger partial charge in [-0.05, 0) is 34.1 Å². The van der Waals surface area contributed by atoms with Crippen molar-refractivity contribution in [2.45, 2.75) is 64.7 Å². The molecule has 22 heavy (non-hydrogen) atoms. The summed E-state index contributed by atoms with van der Waals surface area (Å²) in [4.78, 5) is 0. The molecule has 0 N–H and O–H groups in total. The molecule has 0 atom stereocenters. The van der Waals surface area contributed by atoms with E-state index < -0.39 is 8.32 Å². The van der Waals surface area contributed by atoms with Crippen LogP contribution in [0.15, 0.2) is 36.5 Å². The summed E-state index contributed by atoms with van der Waals surface area (Å²) in [6.45, 7) is 15.8. The number of nitrogens with zero attached hydrogens (tertiary/aromatic N) is 1. The Bertz CT molecular complexity index is 578. The summed E-state index contributed by atoms with van der Waals surface area (Å²) in [6.07, 6.45) is 2.18. The molecule has 0 saturated carbocycles. The minimum Gasteiger partial charge on any atom is -0.414 e. The maximum absolute atomic E-state index is 6.65. The predicted molar refractivity (Wildman–Crippen MR) is 98.9 cm³/mol. The van der Waals surface area contributed by atoms with Crippen LogP contribution in [0.1, 0.15) is 41.5 Å². The van der Waals surface area contributed by atoms with Gasteiger partial charge in [-0.3, -0.25) is 0 Å². The zero-order valence-electron chi connectivity index (χ0n) is 15.0. The Morgan fingerprint density at radius 1 is 0.909 bits per heavy atom. The van der Waals surface area contributed by atoms with Crippen molar-refractivity contribution in [1.29, 1.82) is 0 Å². The van der Waals surface area contributed by atoms with Crippen LogP contribution in [0.4, 0.5) is 0 Å². The third-order valence-electron chi connectivity index (χ3n) is 5.07. The zero-order valence-corrected chi connectivity index (χ0v) is 16.0. The van der Waals surface area contributed by atoms with Gasteiger partial charge in [0.15, 0.2) is 8.32 Å². The number of hydrogen-bond acceptors (Lipinski definition) is 1. The van der Waals surface area contributed by atoms with Gasteiger partial charge in [0.2, 0.25) is 0 Å².